The van der Waals surface area contributed by atoms with Gasteiger partial charge in [-0.25, -0.2) is 8.78 Å². The van der Waals surface area contributed by atoms with E-state index in [-0.39, 0.29) is 17.4 Å². The van der Waals surface area contributed by atoms with Crippen molar-refractivity contribution in [1.82, 2.24) is 4.90 Å². The van der Waals surface area contributed by atoms with Crippen LogP contribution in [-0.4, -0.2) is 36.3 Å². The van der Waals surface area contributed by atoms with Crippen LogP contribution in [0.3, 0.4) is 0 Å². The minimum Gasteiger partial charge on any atom is -0.492 e. The summed E-state index contributed by atoms with van der Waals surface area (Å²) in [5, 5.41) is 0.601. The second kappa shape index (κ2) is 8.11. The van der Waals surface area contributed by atoms with E-state index in [0.717, 1.165) is 29.5 Å². The molecule has 4 nitrogen and oxygen atoms in total. The molecule has 152 valence electrons. The molecule has 0 radical (unpaired) electrons. The van der Waals surface area contributed by atoms with Crippen LogP contribution in [0.1, 0.15) is 28.8 Å². The first-order chi connectivity index (χ1) is 13.9. The number of likely N-dealkylation sites (tertiary alicyclic amines) is 1. The number of piperidine rings is 1. The fourth-order valence-corrected chi connectivity index (χ4v) is 4.24. The molecule has 1 atom stereocenters. The first kappa shape index (κ1) is 19.8. The molecule has 2 aliphatic rings. The maximum Gasteiger partial charge on any atom is 0.229 e. The molecule has 0 N–H and O–H groups in total. The summed E-state index contributed by atoms with van der Waals surface area (Å²) in [5.41, 5.74) is 0.692. The van der Waals surface area contributed by atoms with Gasteiger partial charge in [0.15, 0.2) is 5.78 Å². The molecule has 29 heavy (non-hydrogen) atoms. The van der Waals surface area contributed by atoms with E-state index in [9.17, 15) is 18.4 Å². The van der Waals surface area contributed by atoms with Crippen LogP contribution in [0.25, 0.3) is 0 Å². The van der Waals surface area contributed by atoms with Gasteiger partial charge in [-0.3, -0.25) is 9.59 Å². The van der Waals surface area contributed by atoms with Crippen molar-refractivity contribution in [1.29, 1.82) is 0 Å². The Balaban J connectivity index is 1.38. The van der Waals surface area contributed by atoms with Gasteiger partial charge in [0, 0.05) is 24.0 Å². The zero-order valence-corrected chi connectivity index (χ0v) is 16.4. The first-order valence-corrected chi connectivity index (χ1v) is 9.99. The van der Waals surface area contributed by atoms with E-state index >= 15 is 0 Å². The second-order valence-corrected chi connectivity index (χ2v) is 7.99. The van der Waals surface area contributed by atoms with E-state index < -0.39 is 23.3 Å². The maximum absolute atomic E-state index is 13.9. The molecule has 1 saturated heterocycles. The fourth-order valence-electron chi connectivity index (χ4n) is 4.05. The van der Waals surface area contributed by atoms with E-state index in [1.54, 1.807) is 17.0 Å². The Labute approximate surface area is 172 Å². The molecule has 2 aromatic carbocycles. The van der Waals surface area contributed by atoms with Gasteiger partial charge in [0.25, 0.3) is 0 Å². The average molecular weight is 420 g/mol. The van der Waals surface area contributed by atoms with Crippen LogP contribution in [0.5, 0.6) is 5.75 Å². The van der Waals surface area contributed by atoms with Gasteiger partial charge in [-0.15, -0.1) is 0 Å². The number of ketones is 1. The van der Waals surface area contributed by atoms with E-state index in [1.807, 2.05) is 6.07 Å². The van der Waals surface area contributed by atoms with E-state index in [2.05, 4.69) is 0 Å². The average Bonchev–Trinajstić information content (AvgIpc) is 2.74. The number of ether oxygens (including phenoxy) is 1. The van der Waals surface area contributed by atoms with E-state index in [1.165, 1.54) is 0 Å². The monoisotopic (exact) mass is 419 g/mol. The quantitative estimate of drug-likeness (QED) is 0.697. The third-order valence-electron chi connectivity index (χ3n) is 5.65. The predicted molar refractivity (Wildman–Crippen MR) is 104 cm³/mol. The van der Waals surface area contributed by atoms with Gasteiger partial charge >= 0.3 is 0 Å². The largest absolute Gasteiger partial charge is 0.492 e. The van der Waals surface area contributed by atoms with Crippen molar-refractivity contribution in [3.8, 4) is 5.75 Å². The van der Waals surface area contributed by atoms with Crippen molar-refractivity contribution in [2.24, 2.45) is 11.8 Å². The second-order valence-electron chi connectivity index (χ2n) is 7.55. The van der Waals surface area contributed by atoms with Crippen LogP contribution >= 0.6 is 11.6 Å². The zero-order valence-electron chi connectivity index (χ0n) is 15.7. The molecule has 0 bridgehead atoms. The van der Waals surface area contributed by atoms with Crippen molar-refractivity contribution in [3.63, 3.8) is 0 Å². The van der Waals surface area contributed by atoms with Crippen molar-refractivity contribution in [3.05, 3.63) is 64.2 Å². The molecule has 4 rings (SSSR count). The number of carbonyl (C=O) groups excluding carboxylic acids is 2. The highest BCUT2D eigenvalue weighted by Gasteiger charge is 2.34. The number of Topliss-reactive ketones (excluding diaryl/α,β-unsaturated/α-hetero) is 1. The maximum atomic E-state index is 13.9. The summed E-state index contributed by atoms with van der Waals surface area (Å²) in [5.74, 6) is -1.74. The summed E-state index contributed by atoms with van der Waals surface area (Å²) in [6, 6.07) is 8.28. The molecule has 0 aromatic heterocycles. The summed E-state index contributed by atoms with van der Waals surface area (Å²) >= 11 is 6.04. The minimum absolute atomic E-state index is 0.0153. The highest BCUT2D eigenvalue weighted by molar-refractivity contribution is 6.30. The lowest BCUT2D eigenvalue weighted by Gasteiger charge is -2.35. The number of fused-ring (bicyclic) bond motifs is 1. The summed E-state index contributed by atoms with van der Waals surface area (Å²) in [7, 11) is 0. The van der Waals surface area contributed by atoms with Crippen molar-refractivity contribution in [2.75, 3.05) is 19.7 Å². The SMILES string of the molecule is O=C(c1cc(F)ccc1F)C1CCN(C(=O)C2COc3ccc(Cl)cc3C2)CC1. The van der Waals surface area contributed by atoms with Crippen LogP contribution in [0.15, 0.2) is 36.4 Å². The van der Waals surface area contributed by atoms with Crippen LogP contribution < -0.4 is 4.74 Å². The molecule has 2 aromatic rings. The topological polar surface area (TPSA) is 46.6 Å². The summed E-state index contributed by atoms with van der Waals surface area (Å²) in [4.78, 5) is 27.2. The van der Waals surface area contributed by atoms with Crippen molar-refractivity contribution < 1.29 is 23.1 Å². The first-order valence-electron chi connectivity index (χ1n) is 9.61. The predicted octanol–water partition coefficient (Wildman–Crippen LogP) is 4.29. The zero-order chi connectivity index (χ0) is 20.5. The molecule has 1 unspecified atom stereocenters. The molecular weight excluding hydrogens is 400 g/mol. The number of amides is 1. The third-order valence-corrected chi connectivity index (χ3v) is 5.88. The molecule has 0 saturated carbocycles. The highest BCUT2D eigenvalue weighted by Crippen LogP contribution is 2.31. The van der Waals surface area contributed by atoms with Gasteiger partial charge in [-0.2, -0.15) is 0 Å². The number of carbonyl (C=O) groups is 2. The smallest absolute Gasteiger partial charge is 0.229 e. The van der Waals surface area contributed by atoms with Crippen LogP contribution in [-0.2, 0) is 11.2 Å². The lowest BCUT2D eigenvalue weighted by Crippen LogP contribution is -2.45. The number of rotatable bonds is 3. The van der Waals surface area contributed by atoms with E-state index in [0.29, 0.717) is 44.0 Å². The normalized spacial score (nSPS) is 19.4. The summed E-state index contributed by atoms with van der Waals surface area (Å²) < 4.78 is 33.0. The molecule has 1 amide bonds. The number of hydrogen-bond donors (Lipinski definition) is 0. The Kier molecular flexibility index (Phi) is 5.54. The van der Waals surface area contributed by atoms with Gasteiger partial charge in [0.1, 0.15) is 24.0 Å². The number of halogens is 3. The molecule has 0 spiro atoms. The lowest BCUT2D eigenvalue weighted by atomic mass is 9.87. The third kappa shape index (κ3) is 4.13. The van der Waals surface area contributed by atoms with Gasteiger partial charge in [-0.05, 0) is 61.2 Å². The Morgan fingerprint density at radius 1 is 1.03 bits per heavy atom. The van der Waals surface area contributed by atoms with Gasteiger partial charge < -0.3 is 9.64 Å². The van der Waals surface area contributed by atoms with Crippen LogP contribution in [0.2, 0.25) is 5.02 Å². The molecular formula is C22H20ClF2NO3. The summed E-state index contributed by atoms with van der Waals surface area (Å²) in [6.45, 7) is 1.12. The Morgan fingerprint density at radius 2 is 1.79 bits per heavy atom. The van der Waals surface area contributed by atoms with Crippen LogP contribution in [0, 0.1) is 23.5 Å². The Hall–Kier alpha value is -2.47. The summed E-state index contributed by atoms with van der Waals surface area (Å²) in [6.07, 6.45) is 1.41. The van der Waals surface area contributed by atoms with Crippen LogP contribution in [0.4, 0.5) is 8.78 Å². The van der Waals surface area contributed by atoms with Crippen molar-refractivity contribution in [2.45, 2.75) is 19.3 Å². The fraction of sp³-hybridized carbons (Fsp3) is 0.364. The number of nitrogens with zero attached hydrogens (tertiary/aromatic N) is 1. The molecule has 1 fully saturated rings. The Morgan fingerprint density at radius 3 is 2.55 bits per heavy atom. The van der Waals surface area contributed by atoms with Gasteiger partial charge in [0.05, 0.1) is 11.5 Å². The molecule has 0 aliphatic carbocycles. The van der Waals surface area contributed by atoms with E-state index in [4.69, 9.17) is 16.3 Å². The standard InChI is InChI=1S/C22H20ClF2NO3/c23-16-1-4-20-14(10-16)9-15(12-29-20)22(28)26-7-5-13(6-8-26)21(27)18-11-17(24)2-3-19(18)25/h1-4,10-11,13,15H,5-9,12H2. The van der Waals surface area contributed by atoms with Crippen molar-refractivity contribution >= 4 is 23.3 Å². The number of hydrogen-bond acceptors (Lipinski definition) is 3. The van der Waals surface area contributed by atoms with Gasteiger partial charge in [-0.1, -0.05) is 11.6 Å². The molecule has 2 aliphatic heterocycles. The Bertz CT molecular complexity index is 957. The molecule has 2 heterocycles. The molecule has 7 heteroatoms. The number of benzene rings is 2. The highest BCUT2D eigenvalue weighted by atomic mass is 35.5. The minimum atomic E-state index is -0.716. The van der Waals surface area contributed by atoms with Gasteiger partial charge in [0.2, 0.25) is 5.91 Å². The lowest BCUT2D eigenvalue weighted by molar-refractivity contribution is -0.138.